The lowest BCUT2D eigenvalue weighted by Crippen LogP contribution is -2.15. The smallest absolute Gasteiger partial charge is 0.306 e. The van der Waals surface area contributed by atoms with Crippen LogP contribution in [0.2, 0.25) is 0 Å². The quantitative estimate of drug-likeness (QED) is 0.540. The van der Waals surface area contributed by atoms with E-state index in [0.717, 1.165) is 0 Å². The Hall–Kier alpha value is -0.0500. The fourth-order valence-electron chi connectivity index (χ4n) is 0.615. The van der Waals surface area contributed by atoms with Crippen LogP contribution in [0.3, 0.4) is 0 Å². The Balaban J connectivity index is 3.57. The van der Waals surface area contributed by atoms with Gasteiger partial charge in [-0.2, -0.15) is 0 Å². The van der Waals surface area contributed by atoms with Gasteiger partial charge in [0, 0.05) is 4.83 Å². The van der Waals surface area contributed by atoms with Crippen LogP contribution in [0.5, 0.6) is 0 Å². The SMILES string of the molecule is CCOC(=O)CC(Br)C(C)C. The molecule has 0 N–H and O–H groups in total. The molecule has 66 valence electrons. The van der Waals surface area contributed by atoms with Crippen LogP contribution in [0.4, 0.5) is 0 Å². The molecule has 0 saturated carbocycles. The summed E-state index contributed by atoms with van der Waals surface area (Å²) in [5.74, 6) is 0.350. The molecule has 0 aliphatic carbocycles. The minimum absolute atomic E-state index is 0.122. The van der Waals surface area contributed by atoms with Gasteiger partial charge in [-0.3, -0.25) is 4.79 Å². The first-order valence-corrected chi connectivity index (χ1v) is 4.79. The molecule has 0 amide bonds. The van der Waals surface area contributed by atoms with Crippen molar-refractivity contribution in [3.05, 3.63) is 0 Å². The van der Waals surface area contributed by atoms with Gasteiger partial charge in [0.25, 0.3) is 0 Å². The van der Waals surface area contributed by atoms with Crippen molar-refractivity contribution < 1.29 is 9.53 Å². The molecule has 0 bridgehead atoms. The van der Waals surface area contributed by atoms with Crippen LogP contribution in [0.15, 0.2) is 0 Å². The van der Waals surface area contributed by atoms with Crippen LogP contribution in [0, 0.1) is 5.92 Å². The topological polar surface area (TPSA) is 26.3 Å². The zero-order valence-corrected chi connectivity index (χ0v) is 8.85. The van der Waals surface area contributed by atoms with Crippen LogP contribution in [-0.2, 0) is 9.53 Å². The Morgan fingerprint density at radius 3 is 2.45 bits per heavy atom. The predicted molar refractivity (Wildman–Crippen MR) is 48.8 cm³/mol. The lowest BCUT2D eigenvalue weighted by molar-refractivity contribution is -0.143. The summed E-state index contributed by atoms with van der Waals surface area (Å²) >= 11 is 3.41. The van der Waals surface area contributed by atoms with E-state index in [2.05, 4.69) is 29.8 Å². The third-order valence-corrected chi connectivity index (χ3v) is 2.77. The number of esters is 1. The summed E-state index contributed by atoms with van der Waals surface area (Å²) < 4.78 is 4.79. The van der Waals surface area contributed by atoms with Gasteiger partial charge < -0.3 is 4.74 Å². The minimum Gasteiger partial charge on any atom is -0.466 e. The number of alkyl halides is 1. The molecule has 0 spiro atoms. The molecule has 3 heteroatoms. The molecule has 0 saturated heterocycles. The van der Waals surface area contributed by atoms with Crippen molar-refractivity contribution in [3.63, 3.8) is 0 Å². The van der Waals surface area contributed by atoms with Crippen LogP contribution in [0.25, 0.3) is 0 Å². The highest BCUT2D eigenvalue weighted by atomic mass is 79.9. The third kappa shape index (κ3) is 5.24. The average molecular weight is 223 g/mol. The molecule has 0 rings (SSSR count). The monoisotopic (exact) mass is 222 g/mol. The Bertz CT molecular complexity index is 123. The molecule has 0 aliphatic heterocycles. The van der Waals surface area contributed by atoms with E-state index >= 15 is 0 Å². The average Bonchev–Trinajstić information content (AvgIpc) is 1.87. The van der Waals surface area contributed by atoms with Gasteiger partial charge in [0.1, 0.15) is 0 Å². The number of carbonyl (C=O) groups excluding carboxylic acids is 1. The minimum atomic E-state index is -0.122. The van der Waals surface area contributed by atoms with E-state index in [1.807, 2.05) is 6.92 Å². The maximum Gasteiger partial charge on any atom is 0.306 e. The Kier molecular flexibility index (Phi) is 5.56. The van der Waals surface area contributed by atoms with Crippen molar-refractivity contribution in [2.75, 3.05) is 6.61 Å². The van der Waals surface area contributed by atoms with E-state index in [1.54, 1.807) is 0 Å². The third-order valence-electron chi connectivity index (χ3n) is 1.39. The summed E-state index contributed by atoms with van der Waals surface area (Å²) in [7, 11) is 0. The highest BCUT2D eigenvalue weighted by molar-refractivity contribution is 9.09. The van der Waals surface area contributed by atoms with Crippen LogP contribution in [-0.4, -0.2) is 17.4 Å². The molecule has 0 heterocycles. The fraction of sp³-hybridized carbons (Fsp3) is 0.875. The first kappa shape index (κ1) is 11.0. The molecular weight excluding hydrogens is 208 g/mol. The maximum absolute atomic E-state index is 10.9. The van der Waals surface area contributed by atoms with E-state index in [1.165, 1.54) is 0 Å². The van der Waals surface area contributed by atoms with E-state index in [-0.39, 0.29) is 10.8 Å². The van der Waals surface area contributed by atoms with Gasteiger partial charge in [-0.05, 0) is 12.8 Å². The van der Waals surface area contributed by atoms with Crippen LogP contribution in [0.1, 0.15) is 27.2 Å². The molecule has 0 aliphatic rings. The summed E-state index contributed by atoms with van der Waals surface area (Å²) in [5, 5.41) is 0. The molecule has 11 heavy (non-hydrogen) atoms. The van der Waals surface area contributed by atoms with Crippen LogP contribution >= 0.6 is 15.9 Å². The number of halogens is 1. The Morgan fingerprint density at radius 2 is 2.09 bits per heavy atom. The van der Waals surface area contributed by atoms with Gasteiger partial charge in [-0.15, -0.1) is 0 Å². The van der Waals surface area contributed by atoms with Gasteiger partial charge in [0.2, 0.25) is 0 Å². The number of hydrogen-bond donors (Lipinski definition) is 0. The summed E-state index contributed by atoms with van der Waals surface area (Å²) in [6.45, 7) is 6.42. The fourth-order valence-corrected chi connectivity index (χ4v) is 0.879. The molecule has 2 nitrogen and oxygen atoms in total. The lowest BCUT2D eigenvalue weighted by Gasteiger charge is -2.11. The van der Waals surface area contributed by atoms with Gasteiger partial charge in [-0.1, -0.05) is 29.8 Å². The molecule has 0 fully saturated rings. The molecule has 0 aromatic rings. The molecule has 0 aromatic carbocycles. The molecule has 1 unspecified atom stereocenters. The number of carbonyl (C=O) groups is 1. The van der Waals surface area contributed by atoms with Gasteiger partial charge in [0.15, 0.2) is 0 Å². The molecule has 0 radical (unpaired) electrons. The summed E-state index contributed by atoms with van der Waals surface area (Å²) in [6, 6.07) is 0. The standard InChI is InChI=1S/C8H15BrO2/c1-4-11-8(10)5-7(9)6(2)3/h6-7H,4-5H2,1-3H3. The van der Waals surface area contributed by atoms with E-state index in [0.29, 0.717) is 18.9 Å². The number of hydrogen-bond acceptors (Lipinski definition) is 2. The second-order valence-electron chi connectivity index (χ2n) is 2.77. The second kappa shape index (κ2) is 5.58. The Morgan fingerprint density at radius 1 is 1.55 bits per heavy atom. The molecular formula is C8H15BrO2. The zero-order chi connectivity index (χ0) is 8.85. The second-order valence-corrected chi connectivity index (χ2v) is 3.95. The predicted octanol–water partition coefficient (Wildman–Crippen LogP) is 2.36. The highest BCUT2D eigenvalue weighted by Gasteiger charge is 2.14. The van der Waals surface area contributed by atoms with E-state index < -0.39 is 0 Å². The van der Waals surface area contributed by atoms with Gasteiger partial charge >= 0.3 is 5.97 Å². The maximum atomic E-state index is 10.9. The lowest BCUT2D eigenvalue weighted by atomic mass is 10.1. The van der Waals surface area contributed by atoms with Crippen molar-refractivity contribution in [2.45, 2.75) is 32.0 Å². The van der Waals surface area contributed by atoms with Gasteiger partial charge in [0.05, 0.1) is 13.0 Å². The Labute approximate surface area is 76.4 Å². The normalized spacial score (nSPS) is 13.2. The molecule has 1 atom stereocenters. The highest BCUT2D eigenvalue weighted by Crippen LogP contribution is 2.15. The number of ether oxygens (including phenoxy) is 1. The van der Waals surface area contributed by atoms with E-state index in [4.69, 9.17) is 4.74 Å². The van der Waals surface area contributed by atoms with Crippen LogP contribution < -0.4 is 0 Å². The largest absolute Gasteiger partial charge is 0.466 e. The summed E-state index contributed by atoms with van der Waals surface area (Å²) in [4.78, 5) is 11.1. The van der Waals surface area contributed by atoms with Gasteiger partial charge in [-0.25, -0.2) is 0 Å². The summed E-state index contributed by atoms with van der Waals surface area (Å²) in [6.07, 6.45) is 0.464. The van der Waals surface area contributed by atoms with E-state index in [9.17, 15) is 4.79 Å². The van der Waals surface area contributed by atoms with Crippen molar-refractivity contribution >= 4 is 21.9 Å². The van der Waals surface area contributed by atoms with Crippen molar-refractivity contribution in [3.8, 4) is 0 Å². The van der Waals surface area contributed by atoms with Crippen molar-refractivity contribution in [2.24, 2.45) is 5.92 Å². The first-order chi connectivity index (χ1) is 5.07. The van der Waals surface area contributed by atoms with Crippen molar-refractivity contribution in [1.29, 1.82) is 0 Å². The zero-order valence-electron chi connectivity index (χ0n) is 7.26. The number of rotatable bonds is 4. The van der Waals surface area contributed by atoms with Crippen molar-refractivity contribution in [1.82, 2.24) is 0 Å². The first-order valence-electron chi connectivity index (χ1n) is 3.87. The molecule has 0 aromatic heterocycles. The summed E-state index contributed by atoms with van der Waals surface area (Å²) in [5.41, 5.74) is 0.